The third-order valence-electron chi connectivity index (χ3n) is 6.48. The van der Waals surface area contributed by atoms with Crippen LogP contribution in [0.15, 0.2) is 48.5 Å². The molecule has 1 heterocycles. The molecule has 4 rings (SSSR count). The normalized spacial score (nSPS) is 19.9. The van der Waals surface area contributed by atoms with E-state index in [4.69, 9.17) is 4.74 Å². The molecule has 0 amide bonds. The van der Waals surface area contributed by atoms with Crippen molar-refractivity contribution in [1.82, 2.24) is 4.90 Å². The number of aliphatic carboxylic acids is 1. The molecular formula is C25H31NO3. The van der Waals surface area contributed by atoms with E-state index in [9.17, 15) is 9.90 Å². The number of benzene rings is 2. The molecule has 29 heavy (non-hydrogen) atoms. The molecule has 1 atom stereocenters. The second kappa shape index (κ2) is 9.55. The third kappa shape index (κ3) is 4.88. The van der Waals surface area contributed by atoms with Gasteiger partial charge in [-0.3, -0.25) is 4.79 Å². The van der Waals surface area contributed by atoms with Gasteiger partial charge in [0, 0.05) is 25.6 Å². The number of piperidine rings is 1. The van der Waals surface area contributed by atoms with Crippen LogP contribution < -0.4 is 0 Å². The van der Waals surface area contributed by atoms with Crippen molar-refractivity contribution in [3.05, 3.63) is 70.8 Å². The standard InChI is InChI=1S/C25H31NO3/c27-25(28)21-8-5-14-26(18-21)15-17-29-16-13-24-22-9-3-1-6-19(22)11-12-20-7-2-4-10-23(20)24/h1-4,6-7,9-10,21,24H,5,8,11-18H2,(H,27,28). The number of rotatable bonds is 7. The number of hydrogen-bond acceptors (Lipinski definition) is 3. The number of hydrogen-bond donors (Lipinski definition) is 1. The maximum atomic E-state index is 11.2. The Bertz CT molecular complexity index is 787. The minimum absolute atomic E-state index is 0.220. The summed E-state index contributed by atoms with van der Waals surface area (Å²) in [7, 11) is 0. The van der Waals surface area contributed by atoms with Gasteiger partial charge in [0.05, 0.1) is 12.5 Å². The summed E-state index contributed by atoms with van der Waals surface area (Å²) in [6, 6.07) is 17.7. The van der Waals surface area contributed by atoms with E-state index in [1.54, 1.807) is 0 Å². The van der Waals surface area contributed by atoms with E-state index in [0.29, 0.717) is 19.1 Å². The number of carboxylic acid groups (broad SMARTS) is 1. The molecule has 4 nitrogen and oxygen atoms in total. The lowest BCUT2D eigenvalue weighted by molar-refractivity contribution is -0.143. The maximum absolute atomic E-state index is 11.2. The van der Waals surface area contributed by atoms with Crippen molar-refractivity contribution in [2.75, 3.05) is 32.8 Å². The predicted molar refractivity (Wildman–Crippen MR) is 114 cm³/mol. The van der Waals surface area contributed by atoms with Gasteiger partial charge in [0.15, 0.2) is 0 Å². The Kier molecular flexibility index (Phi) is 6.63. The fraction of sp³-hybridized carbons (Fsp3) is 0.480. The summed E-state index contributed by atoms with van der Waals surface area (Å²) < 4.78 is 6.02. The summed E-state index contributed by atoms with van der Waals surface area (Å²) in [6.07, 6.45) is 4.94. The van der Waals surface area contributed by atoms with Gasteiger partial charge in [-0.25, -0.2) is 0 Å². The second-order valence-electron chi connectivity index (χ2n) is 8.33. The molecule has 1 aliphatic heterocycles. The van der Waals surface area contributed by atoms with Gasteiger partial charge in [0.25, 0.3) is 0 Å². The quantitative estimate of drug-likeness (QED) is 0.719. The van der Waals surface area contributed by atoms with Crippen LogP contribution >= 0.6 is 0 Å². The Balaban J connectivity index is 1.33. The predicted octanol–water partition coefficient (Wildman–Crippen LogP) is 4.12. The van der Waals surface area contributed by atoms with Crippen molar-refractivity contribution in [3.63, 3.8) is 0 Å². The molecule has 1 N–H and O–H groups in total. The van der Waals surface area contributed by atoms with E-state index < -0.39 is 5.97 Å². The number of carbonyl (C=O) groups is 1. The number of ether oxygens (including phenoxy) is 1. The summed E-state index contributed by atoms with van der Waals surface area (Å²) in [5, 5.41) is 9.24. The van der Waals surface area contributed by atoms with E-state index in [-0.39, 0.29) is 5.92 Å². The van der Waals surface area contributed by atoms with Crippen molar-refractivity contribution in [2.24, 2.45) is 5.92 Å². The molecule has 0 radical (unpaired) electrons. The SMILES string of the molecule is O=C(O)C1CCCN(CCOCCC2c3ccccc3CCc3ccccc32)C1. The topological polar surface area (TPSA) is 49.8 Å². The highest BCUT2D eigenvalue weighted by atomic mass is 16.5. The smallest absolute Gasteiger partial charge is 0.307 e. The Morgan fingerprint density at radius 3 is 2.31 bits per heavy atom. The summed E-state index contributed by atoms with van der Waals surface area (Å²) >= 11 is 0. The molecule has 1 unspecified atom stereocenters. The van der Waals surface area contributed by atoms with Crippen molar-refractivity contribution in [1.29, 1.82) is 0 Å². The summed E-state index contributed by atoms with van der Waals surface area (Å²) in [6.45, 7) is 3.85. The highest BCUT2D eigenvalue weighted by molar-refractivity contribution is 5.70. The minimum Gasteiger partial charge on any atom is -0.481 e. The zero-order chi connectivity index (χ0) is 20.1. The molecule has 0 bridgehead atoms. The number of aryl methyl sites for hydroxylation is 2. The van der Waals surface area contributed by atoms with Crippen LogP contribution in [0.5, 0.6) is 0 Å². The van der Waals surface area contributed by atoms with Gasteiger partial charge < -0.3 is 14.7 Å². The van der Waals surface area contributed by atoms with Gasteiger partial charge in [-0.15, -0.1) is 0 Å². The van der Waals surface area contributed by atoms with Crippen LogP contribution in [-0.4, -0.2) is 48.8 Å². The Labute approximate surface area is 173 Å². The van der Waals surface area contributed by atoms with Gasteiger partial charge in [-0.1, -0.05) is 48.5 Å². The van der Waals surface area contributed by atoms with Crippen LogP contribution in [0.4, 0.5) is 0 Å². The number of carboxylic acids is 1. The third-order valence-corrected chi connectivity index (χ3v) is 6.48. The van der Waals surface area contributed by atoms with E-state index in [1.807, 2.05) is 0 Å². The van der Waals surface area contributed by atoms with Crippen molar-refractivity contribution >= 4 is 5.97 Å². The average molecular weight is 394 g/mol. The molecule has 0 spiro atoms. The highest BCUT2D eigenvalue weighted by Gasteiger charge is 2.25. The Morgan fingerprint density at radius 2 is 1.66 bits per heavy atom. The first kappa shape index (κ1) is 20.1. The molecule has 0 aromatic heterocycles. The van der Waals surface area contributed by atoms with E-state index >= 15 is 0 Å². The lowest BCUT2D eigenvalue weighted by Gasteiger charge is -2.30. The zero-order valence-corrected chi connectivity index (χ0v) is 17.1. The molecular weight excluding hydrogens is 362 g/mol. The zero-order valence-electron chi connectivity index (χ0n) is 17.1. The maximum Gasteiger partial charge on any atom is 0.307 e. The van der Waals surface area contributed by atoms with E-state index in [0.717, 1.165) is 51.8 Å². The van der Waals surface area contributed by atoms with Gasteiger partial charge >= 0.3 is 5.97 Å². The first-order valence-electron chi connectivity index (χ1n) is 10.9. The van der Waals surface area contributed by atoms with Crippen LogP contribution in [0.2, 0.25) is 0 Å². The number of nitrogens with zero attached hydrogens (tertiary/aromatic N) is 1. The molecule has 1 saturated heterocycles. The number of fused-ring (bicyclic) bond motifs is 2. The van der Waals surface area contributed by atoms with E-state index in [2.05, 4.69) is 53.4 Å². The second-order valence-corrected chi connectivity index (χ2v) is 8.33. The van der Waals surface area contributed by atoms with Gasteiger partial charge in [-0.05, 0) is 60.9 Å². The van der Waals surface area contributed by atoms with E-state index in [1.165, 1.54) is 22.3 Å². The first-order chi connectivity index (χ1) is 14.2. The molecule has 2 aromatic carbocycles. The minimum atomic E-state index is -0.665. The van der Waals surface area contributed by atoms with Gasteiger partial charge in [0.2, 0.25) is 0 Å². The van der Waals surface area contributed by atoms with Crippen LogP contribution in [0.1, 0.15) is 47.4 Å². The van der Waals surface area contributed by atoms with Gasteiger partial charge in [0.1, 0.15) is 0 Å². The fourth-order valence-electron chi connectivity index (χ4n) is 4.91. The fourth-order valence-corrected chi connectivity index (χ4v) is 4.91. The average Bonchev–Trinajstić information content (AvgIpc) is 2.91. The first-order valence-corrected chi connectivity index (χ1v) is 10.9. The van der Waals surface area contributed by atoms with Crippen LogP contribution in [0.3, 0.4) is 0 Å². The van der Waals surface area contributed by atoms with Crippen LogP contribution in [0.25, 0.3) is 0 Å². The van der Waals surface area contributed by atoms with Crippen molar-refractivity contribution < 1.29 is 14.6 Å². The molecule has 4 heteroatoms. The van der Waals surface area contributed by atoms with Crippen molar-refractivity contribution in [2.45, 2.75) is 38.0 Å². The molecule has 0 saturated carbocycles. The molecule has 2 aromatic rings. The summed E-state index contributed by atoms with van der Waals surface area (Å²) in [4.78, 5) is 13.5. The lowest BCUT2D eigenvalue weighted by atomic mass is 9.86. The molecule has 1 fully saturated rings. The van der Waals surface area contributed by atoms with Crippen molar-refractivity contribution in [3.8, 4) is 0 Å². The van der Waals surface area contributed by atoms with Crippen LogP contribution in [-0.2, 0) is 22.4 Å². The van der Waals surface area contributed by atoms with Crippen LogP contribution in [0, 0.1) is 5.92 Å². The Morgan fingerprint density at radius 1 is 1.00 bits per heavy atom. The molecule has 154 valence electrons. The summed E-state index contributed by atoms with van der Waals surface area (Å²) in [5.74, 6) is -0.500. The highest BCUT2D eigenvalue weighted by Crippen LogP contribution is 2.36. The largest absolute Gasteiger partial charge is 0.481 e. The lowest BCUT2D eigenvalue weighted by Crippen LogP contribution is -2.40. The van der Waals surface area contributed by atoms with Gasteiger partial charge in [-0.2, -0.15) is 0 Å². The number of likely N-dealkylation sites (tertiary alicyclic amines) is 1. The molecule has 2 aliphatic rings. The Hall–Kier alpha value is -2.17. The summed E-state index contributed by atoms with van der Waals surface area (Å²) in [5.41, 5.74) is 5.81. The monoisotopic (exact) mass is 393 g/mol. The molecule has 1 aliphatic carbocycles.